The van der Waals surface area contributed by atoms with Crippen molar-refractivity contribution in [1.29, 1.82) is 0 Å². The van der Waals surface area contributed by atoms with Gasteiger partial charge in [-0.2, -0.15) is 0 Å². The van der Waals surface area contributed by atoms with Gasteiger partial charge in [0.1, 0.15) is 13.2 Å². The van der Waals surface area contributed by atoms with Gasteiger partial charge in [-0.3, -0.25) is 0 Å². The maximum absolute atomic E-state index is 9.78. The molecule has 1 aliphatic rings. The molecule has 0 radical (unpaired) electrons. The molecule has 0 spiro atoms. The summed E-state index contributed by atoms with van der Waals surface area (Å²) in [5.41, 5.74) is 1.10. The topological polar surface area (TPSA) is 38.7 Å². The Bertz CT molecular complexity index is 360. The molecule has 0 saturated heterocycles. The first-order valence-electron chi connectivity index (χ1n) is 5.35. The van der Waals surface area contributed by atoms with Crippen LogP contribution in [-0.2, 0) is 0 Å². The van der Waals surface area contributed by atoms with Gasteiger partial charge in [0.15, 0.2) is 11.5 Å². The molecule has 0 bridgehead atoms. The Morgan fingerprint density at radius 2 is 2.07 bits per heavy atom. The number of phenolic OH excluding ortho intramolecular Hbond substituents is 1. The number of benzene rings is 1. The molecule has 0 aromatic heterocycles. The molecule has 1 aliphatic heterocycles. The summed E-state index contributed by atoms with van der Waals surface area (Å²) < 4.78 is 10.8. The van der Waals surface area contributed by atoms with Crippen LogP contribution in [0, 0.1) is 0 Å². The van der Waals surface area contributed by atoms with Gasteiger partial charge in [-0.05, 0) is 30.0 Å². The van der Waals surface area contributed by atoms with Crippen LogP contribution in [0.1, 0.15) is 31.7 Å². The lowest BCUT2D eigenvalue weighted by Gasteiger charge is -2.21. The highest BCUT2D eigenvalue weighted by molar-refractivity contribution is 5.54. The van der Waals surface area contributed by atoms with Crippen LogP contribution in [0.3, 0.4) is 0 Å². The van der Waals surface area contributed by atoms with Gasteiger partial charge in [-0.15, -0.1) is 0 Å². The van der Waals surface area contributed by atoms with Crippen molar-refractivity contribution in [3.8, 4) is 17.2 Å². The van der Waals surface area contributed by atoms with Crippen LogP contribution < -0.4 is 9.47 Å². The fraction of sp³-hybridized carbons (Fsp3) is 0.500. The van der Waals surface area contributed by atoms with Crippen LogP contribution in [0.25, 0.3) is 0 Å². The minimum Gasteiger partial charge on any atom is -0.504 e. The van der Waals surface area contributed by atoms with Crippen LogP contribution in [0.4, 0.5) is 0 Å². The Labute approximate surface area is 89.6 Å². The number of hydrogen-bond donors (Lipinski definition) is 1. The molecule has 1 aromatic carbocycles. The number of phenols is 1. The molecule has 82 valence electrons. The number of rotatable bonds is 2. The molecule has 3 heteroatoms. The summed E-state index contributed by atoms with van der Waals surface area (Å²) in [6, 6.07) is 3.73. The lowest BCUT2D eigenvalue weighted by atomic mass is 9.98. The second-order valence-corrected chi connectivity index (χ2v) is 3.87. The van der Waals surface area contributed by atoms with Crippen LogP contribution in [0.2, 0.25) is 0 Å². The molecule has 3 nitrogen and oxygen atoms in total. The molecule has 0 amide bonds. The minimum absolute atomic E-state index is 0.183. The van der Waals surface area contributed by atoms with Gasteiger partial charge in [0.25, 0.3) is 0 Å². The van der Waals surface area contributed by atoms with Crippen molar-refractivity contribution in [3.63, 3.8) is 0 Å². The molecule has 0 saturated carbocycles. The van der Waals surface area contributed by atoms with E-state index in [0.717, 1.165) is 12.0 Å². The number of ether oxygens (including phenoxy) is 2. The van der Waals surface area contributed by atoms with Crippen LogP contribution in [0.5, 0.6) is 17.2 Å². The second kappa shape index (κ2) is 4.01. The SMILES string of the molecule is CCC(C)c1cc(O)c2c(c1)OCCO2. The lowest BCUT2D eigenvalue weighted by Crippen LogP contribution is -2.15. The highest BCUT2D eigenvalue weighted by atomic mass is 16.6. The van der Waals surface area contributed by atoms with E-state index >= 15 is 0 Å². The molecule has 0 aliphatic carbocycles. The normalized spacial score (nSPS) is 16.1. The van der Waals surface area contributed by atoms with Crippen LogP contribution >= 0.6 is 0 Å². The summed E-state index contributed by atoms with van der Waals surface area (Å²) in [6.07, 6.45) is 1.04. The zero-order valence-electron chi connectivity index (χ0n) is 9.12. The zero-order valence-corrected chi connectivity index (χ0v) is 9.12. The van der Waals surface area contributed by atoms with E-state index in [9.17, 15) is 5.11 Å². The maximum atomic E-state index is 9.78. The zero-order chi connectivity index (χ0) is 10.8. The number of hydrogen-bond acceptors (Lipinski definition) is 3. The van der Waals surface area contributed by atoms with Crippen molar-refractivity contribution in [3.05, 3.63) is 17.7 Å². The molecule has 1 heterocycles. The fourth-order valence-corrected chi connectivity index (χ4v) is 1.68. The van der Waals surface area contributed by atoms with E-state index in [1.165, 1.54) is 0 Å². The molecule has 1 atom stereocenters. The van der Waals surface area contributed by atoms with Gasteiger partial charge >= 0.3 is 0 Å². The Kier molecular flexibility index (Phi) is 2.71. The first-order valence-corrected chi connectivity index (χ1v) is 5.35. The predicted octanol–water partition coefficient (Wildman–Crippen LogP) is 2.68. The van der Waals surface area contributed by atoms with Gasteiger partial charge in [0.05, 0.1) is 0 Å². The Balaban J connectivity index is 2.40. The van der Waals surface area contributed by atoms with Gasteiger partial charge in [-0.1, -0.05) is 13.8 Å². The summed E-state index contributed by atoms with van der Waals surface area (Å²) in [5, 5.41) is 9.78. The predicted molar refractivity (Wildman–Crippen MR) is 57.8 cm³/mol. The maximum Gasteiger partial charge on any atom is 0.203 e. The van der Waals surface area contributed by atoms with Crippen molar-refractivity contribution in [2.75, 3.05) is 13.2 Å². The molecular formula is C12H16O3. The first-order chi connectivity index (χ1) is 7.22. The van der Waals surface area contributed by atoms with Gasteiger partial charge in [0, 0.05) is 0 Å². The van der Waals surface area contributed by atoms with E-state index in [0.29, 0.717) is 30.6 Å². The van der Waals surface area contributed by atoms with Crippen LogP contribution in [-0.4, -0.2) is 18.3 Å². The van der Waals surface area contributed by atoms with E-state index in [-0.39, 0.29) is 5.75 Å². The molecular weight excluding hydrogens is 192 g/mol. The van der Waals surface area contributed by atoms with Crippen LogP contribution in [0.15, 0.2) is 12.1 Å². The Morgan fingerprint density at radius 1 is 1.33 bits per heavy atom. The van der Waals surface area contributed by atoms with Gasteiger partial charge in [-0.25, -0.2) is 0 Å². The molecule has 1 unspecified atom stereocenters. The third kappa shape index (κ3) is 1.87. The Morgan fingerprint density at radius 3 is 2.80 bits per heavy atom. The minimum atomic E-state index is 0.183. The third-order valence-electron chi connectivity index (χ3n) is 2.83. The smallest absolute Gasteiger partial charge is 0.203 e. The van der Waals surface area contributed by atoms with Gasteiger partial charge in [0.2, 0.25) is 5.75 Å². The summed E-state index contributed by atoms with van der Waals surface area (Å²) in [5.74, 6) is 1.75. The van der Waals surface area contributed by atoms with E-state index in [1.54, 1.807) is 6.07 Å². The summed E-state index contributed by atoms with van der Waals surface area (Å²) in [4.78, 5) is 0. The van der Waals surface area contributed by atoms with Crippen molar-refractivity contribution < 1.29 is 14.6 Å². The van der Waals surface area contributed by atoms with E-state index in [1.807, 2.05) is 6.07 Å². The van der Waals surface area contributed by atoms with Crippen molar-refractivity contribution in [2.24, 2.45) is 0 Å². The lowest BCUT2D eigenvalue weighted by molar-refractivity contribution is 0.165. The molecule has 1 N–H and O–H groups in total. The van der Waals surface area contributed by atoms with E-state index < -0.39 is 0 Å². The molecule has 2 rings (SSSR count). The average molecular weight is 208 g/mol. The van der Waals surface area contributed by atoms with E-state index in [4.69, 9.17) is 9.47 Å². The summed E-state index contributed by atoms with van der Waals surface area (Å²) >= 11 is 0. The van der Waals surface area contributed by atoms with Crippen molar-refractivity contribution >= 4 is 0 Å². The highest BCUT2D eigenvalue weighted by Crippen LogP contribution is 2.41. The fourth-order valence-electron chi connectivity index (χ4n) is 1.68. The summed E-state index contributed by atoms with van der Waals surface area (Å²) in [6.45, 7) is 5.31. The summed E-state index contributed by atoms with van der Waals surface area (Å²) in [7, 11) is 0. The largest absolute Gasteiger partial charge is 0.504 e. The van der Waals surface area contributed by atoms with Gasteiger partial charge < -0.3 is 14.6 Å². The molecule has 1 aromatic rings. The average Bonchev–Trinajstić information content (AvgIpc) is 2.28. The van der Waals surface area contributed by atoms with Crippen molar-refractivity contribution in [1.82, 2.24) is 0 Å². The highest BCUT2D eigenvalue weighted by Gasteiger charge is 2.18. The van der Waals surface area contributed by atoms with E-state index in [2.05, 4.69) is 13.8 Å². The standard InChI is InChI=1S/C12H16O3/c1-3-8(2)9-6-10(13)12-11(7-9)14-4-5-15-12/h6-8,13H,3-5H2,1-2H3. The number of fused-ring (bicyclic) bond motifs is 1. The third-order valence-corrected chi connectivity index (χ3v) is 2.83. The molecule has 0 fully saturated rings. The van der Waals surface area contributed by atoms with Crippen molar-refractivity contribution in [2.45, 2.75) is 26.2 Å². The Hall–Kier alpha value is -1.38. The molecule has 15 heavy (non-hydrogen) atoms. The number of aromatic hydroxyl groups is 1. The first kappa shape index (κ1) is 10.1. The monoisotopic (exact) mass is 208 g/mol. The quantitative estimate of drug-likeness (QED) is 0.812. The second-order valence-electron chi connectivity index (χ2n) is 3.87.